The van der Waals surface area contributed by atoms with E-state index in [1.807, 2.05) is 13.8 Å². The molecular weight excluding hydrogens is 230 g/mol. The third-order valence-corrected chi connectivity index (χ3v) is 2.69. The Morgan fingerprint density at radius 2 is 2.06 bits per heavy atom. The smallest absolute Gasteiger partial charge is 0.191 e. The van der Waals surface area contributed by atoms with E-state index in [0.717, 1.165) is 5.75 Å². The molecule has 1 aromatic rings. The third kappa shape index (κ3) is 2.83. The van der Waals surface area contributed by atoms with Crippen molar-refractivity contribution in [3.63, 3.8) is 0 Å². The van der Waals surface area contributed by atoms with Crippen LogP contribution >= 0.6 is 0 Å². The molecule has 1 saturated heterocycles. The summed E-state index contributed by atoms with van der Waals surface area (Å²) in [4.78, 5) is 12.0. The van der Waals surface area contributed by atoms with Crippen LogP contribution in [-0.4, -0.2) is 25.0 Å². The van der Waals surface area contributed by atoms with E-state index in [9.17, 15) is 4.79 Å². The number of carbonyl (C=O) groups is 1. The molecule has 2 rings (SSSR count). The molecule has 1 aliphatic rings. The second-order valence-corrected chi connectivity index (χ2v) is 4.90. The van der Waals surface area contributed by atoms with Crippen LogP contribution in [0.1, 0.15) is 24.2 Å². The second-order valence-electron chi connectivity index (χ2n) is 4.90. The van der Waals surface area contributed by atoms with Gasteiger partial charge in [-0.25, -0.2) is 0 Å². The van der Waals surface area contributed by atoms with E-state index < -0.39 is 0 Å². The number of ketones is 1. The zero-order valence-corrected chi connectivity index (χ0v) is 10.8. The van der Waals surface area contributed by atoms with Gasteiger partial charge in [-0.15, -0.1) is 0 Å². The van der Waals surface area contributed by atoms with Crippen molar-refractivity contribution in [3.05, 3.63) is 41.8 Å². The highest BCUT2D eigenvalue weighted by molar-refractivity contribution is 6.04. The molecule has 1 aromatic carbocycles. The van der Waals surface area contributed by atoms with Crippen molar-refractivity contribution in [3.8, 4) is 5.75 Å². The Labute approximate surface area is 107 Å². The molecule has 1 N–H and O–H groups in total. The first-order valence-corrected chi connectivity index (χ1v) is 5.81. The van der Waals surface area contributed by atoms with Crippen LogP contribution in [0.3, 0.4) is 0 Å². The maximum absolute atomic E-state index is 12.0. The average Bonchev–Trinajstić information content (AvgIpc) is 2.68. The highest BCUT2D eigenvalue weighted by atomic mass is 16.5. The van der Waals surface area contributed by atoms with Crippen LogP contribution < -0.4 is 10.1 Å². The summed E-state index contributed by atoms with van der Waals surface area (Å²) >= 11 is 0. The number of carbonyl (C=O) groups excluding carboxylic acids is 1. The summed E-state index contributed by atoms with van der Waals surface area (Å²) in [6, 6.07) is 6.99. The average molecular weight is 247 g/mol. The Morgan fingerprint density at radius 1 is 1.39 bits per heavy atom. The predicted octanol–water partition coefficient (Wildman–Crippen LogP) is 2.12. The topological polar surface area (TPSA) is 47.6 Å². The molecule has 0 amide bonds. The molecule has 0 saturated carbocycles. The van der Waals surface area contributed by atoms with Crippen LogP contribution in [0.15, 0.2) is 36.2 Å². The minimum atomic E-state index is -0.119. The van der Waals surface area contributed by atoms with E-state index in [1.54, 1.807) is 31.4 Å². The van der Waals surface area contributed by atoms with Crippen LogP contribution in [0.4, 0.5) is 0 Å². The molecule has 0 aliphatic carbocycles. The summed E-state index contributed by atoms with van der Waals surface area (Å²) < 4.78 is 10.5. The van der Waals surface area contributed by atoms with Gasteiger partial charge in [0, 0.05) is 11.6 Å². The lowest BCUT2D eigenvalue weighted by atomic mass is 10.1. The maximum Gasteiger partial charge on any atom is 0.191 e. The van der Waals surface area contributed by atoms with Crippen molar-refractivity contribution >= 4 is 5.78 Å². The van der Waals surface area contributed by atoms with Gasteiger partial charge in [0.15, 0.2) is 11.7 Å². The quantitative estimate of drug-likeness (QED) is 0.656. The van der Waals surface area contributed by atoms with Crippen molar-refractivity contribution < 1.29 is 14.3 Å². The number of allylic oxidation sites excluding steroid dienone is 1. The van der Waals surface area contributed by atoms with E-state index in [4.69, 9.17) is 9.47 Å². The molecule has 1 fully saturated rings. The van der Waals surface area contributed by atoms with Crippen molar-refractivity contribution in [2.24, 2.45) is 0 Å². The first kappa shape index (κ1) is 12.5. The van der Waals surface area contributed by atoms with Crippen LogP contribution in [-0.2, 0) is 4.74 Å². The number of benzene rings is 1. The van der Waals surface area contributed by atoms with Gasteiger partial charge >= 0.3 is 0 Å². The number of rotatable bonds is 3. The van der Waals surface area contributed by atoms with Gasteiger partial charge < -0.3 is 14.8 Å². The maximum atomic E-state index is 12.0. The van der Waals surface area contributed by atoms with E-state index in [1.165, 1.54) is 6.08 Å². The number of ether oxygens (including phenoxy) is 2. The molecule has 0 radical (unpaired) electrons. The third-order valence-electron chi connectivity index (χ3n) is 2.69. The van der Waals surface area contributed by atoms with E-state index >= 15 is 0 Å². The first-order valence-electron chi connectivity index (χ1n) is 5.81. The number of hydrogen-bond acceptors (Lipinski definition) is 4. The molecule has 1 aliphatic heterocycles. The molecule has 18 heavy (non-hydrogen) atoms. The Hall–Kier alpha value is -1.97. The summed E-state index contributed by atoms with van der Waals surface area (Å²) in [7, 11) is 1.59. The van der Waals surface area contributed by atoms with Crippen molar-refractivity contribution in [1.82, 2.24) is 5.32 Å². The number of methoxy groups -OCH3 is 1. The van der Waals surface area contributed by atoms with Gasteiger partial charge in [-0.05, 0) is 38.1 Å². The summed E-state index contributed by atoms with van der Waals surface area (Å²) in [5, 5.41) is 3.15. The normalized spacial score (nSPS) is 19.2. The Bertz CT molecular complexity index is 474. The molecule has 4 nitrogen and oxygen atoms in total. The fourth-order valence-electron chi connectivity index (χ4n) is 1.70. The molecule has 0 bridgehead atoms. The molecule has 0 atom stereocenters. The van der Waals surface area contributed by atoms with E-state index in [-0.39, 0.29) is 11.3 Å². The summed E-state index contributed by atoms with van der Waals surface area (Å²) in [6.45, 7) is 4.60. The van der Waals surface area contributed by atoms with Gasteiger partial charge in [0.25, 0.3) is 0 Å². The fraction of sp³-hybridized carbons (Fsp3) is 0.357. The van der Waals surface area contributed by atoms with E-state index in [2.05, 4.69) is 5.32 Å². The van der Waals surface area contributed by atoms with Crippen LogP contribution in [0.5, 0.6) is 5.75 Å². The zero-order chi connectivity index (χ0) is 13.2. The van der Waals surface area contributed by atoms with Crippen LogP contribution in [0.2, 0.25) is 0 Å². The Kier molecular flexibility index (Phi) is 3.28. The zero-order valence-electron chi connectivity index (χ0n) is 10.8. The first-order chi connectivity index (χ1) is 8.50. The van der Waals surface area contributed by atoms with Gasteiger partial charge in [-0.3, -0.25) is 4.79 Å². The van der Waals surface area contributed by atoms with E-state index in [0.29, 0.717) is 18.1 Å². The fourth-order valence-corrected chi connectivity index (χ4v) is 1.70. The highest BCUT2D eigenvalue weighted by Gasteiger charge is 2.27. The Morgan fingerprint density at radius 3 is 2.56 bits per heavy atom. The summed E-state index contributed by atoms with van der Waals surface area (Å²) in [6.07, 6.45) is 1.48. The molecule has 0 spiro atoms. The lowest BCUT2D eigenvalue weighted by Crippen LogP contribution is -2.34. The number of nitrogens with one attached hydrogen (secondary N) is 1. The van der Waals surface area contributed by atoms with Gasteiger partial charge in [0.1, 0.15) is 12.4 Å². The molecule has 0 aromatic heterocycles. The van der Waals surface area contributed by atoms with Crippen molar-refractivity contribution in [1.29, 1.82) is 0 Å². The van der Waals surface area contributed by atoms with Gasteiger partial charge in [0.05, 0.1) is 12.6 Å². The molecular formula is C14H17NO3. The molecule has 0 unspecified atom stereocenters. The largest absolute Gasteiger partial charge is 0.497 e. The van der Waals surface area contributed by atoms with Crippen LogP contribution in [0.25, 0.3) is 0 Å². The minimum absolute atomic E-state index is 0.0853. The minimum Gasteiger partial charge on any atom is -0.497 e. The van der Waals surface area contributed by atoms with Gasteiger partial charge in [-0.1, -0.05) is 0 Å². The molecule has 4 heteroatoms. The lowest BCUT2D eigenvalue weighted by molar-refractivity contribution is 0.104. The predicted molar refractivity (Wildman–Crippen MR) is 68.6 cm³/mol. The summed E-state index contributed by atoms with van der Waals surface area (Å²) in [5.41, 5.74) is 0.491. The lowest BCUT2D eigenvalue weighted by Gasteiger charge is -2.13. The van der Waals surface area contributed by atoms with Gasteiger partial charge in [0.2, 0.25) is 0 Å². The van der Waals surface area contributed by atoms with Gasteiger partial charge in [-0.2, -0.15) is 0 Å². The van der Waals surface area contributed by atoms with Crippen LogP contribution in [0, 0.1) is 0 Å². The van der Waals surface area contributed by atoms with Crippen molar-refractivity contribution in [2.45, 2.75) is 19.4 Å². The summed E-state index contributed by atoms with van der Waals surface area (Å²) in [5.74, 6) is 1.18. The number of hydrogen-bond donors (Lipinski definition) is 1. The second kappa shape index (κ2) is 4.72. The molecule has 96 valence electrons. The Balaban J connectivity index is 2.10. The highest BCUT2D eigenvalue weighted by Crippen LogP contribution is 2.18. The molecule has 1 heterocycles. The SMILES string of the molecule is COc1ccc(C(=O)/C=C2/NC(C)(C)CO2)cc1. The standard InChI is InChI=1S/C14H17NO3/c1-14(2)9-18-13(15-14)8-12(16)10-4-6-11(17-3)7-5-10/h4-8,15H,9H2,1-3H3/b13-8-. The van der Waals surface area contributed by atoms with Crippen molar-refractivity contribution in [2.75, 3.05) is 13.7 Å². The monoisotopic (exact) mass is 247 g/mol.